The van der Waals surface area contributed by atoms with E-state index in [1.165, 1.54) is 6.08 Å². The Morgan fingerprint density at radius 2 is 0.625 bits per heavy atom. The first-order valence-corrected chi connectivity index (χ1v) is 23.2. The van der Waals surface area contributed by atoms with Crippen LogP contribution in [0.2, 0.25) is 0 Å². The Morgan fingerprint density at radius 3 is 0.850 bits per heavy atom. The third-order valence-corrected chi connectivity index (χ3v) is 13.6. The first-order chi connectivity index (χ1) is 36.4. The first-order valence-electron chi connectivity index (χ1n) is 21.4. The Hall–Kier alpha value is -7.87. The quantitative estimate of drug-likeness (QED) is 0.0526. The summed E-state index contributed by atoms with van der Waals surface area (Å²) in [4.78, 5) is 0.593. The number of rotatable bonds is 7. The number of hydrogen-bond donors (Lipinski definition) is 0. The number of benzene rings is 6. The molecular formula is C51H25BF24N2OS. The summed E-state index contributed by atoms with van der Waals surface area (Å²) in [6.45, 7) is 0. The van der Waals surface area contributed by atoms with Gasteiger partial charge in [-0.1, -0.05) is 89.1 Å². The maximum Gasteiger partial charge on any atom is 0.416 e. The Kier molecular flexibility index (Phi) is 17.6. The molecule has 0 saturated carbocycles. The molecule has 0 heterocycles. The molecule has 80 heavy (non-hydrogen) atoms. The van der Waals surface area contributed by atoms with Crippen LogP contribution in [0.3, 0.4) is 0 Å². The van der Waals surface area contributed by atoms with Crippen molar-refractivity contribution in [2.45, 2.75) is 54.3 Å². The number of nitriles is 2. The number of alkyl halides is 24. The zero-order chi connectivity index (χ0) is 60.5. The molecule has 422 valence electrons. The second-order valence-electron chi connectivity index (χ2n) is 16.8. The minimum absolute atomic E-state index is 0.0350. The van der Waals surface area contributed by atoms with E-state index in [0.29, 0.717) is 4.90 Å². The van der Waals surface area contributed by atoms with E-state index in [-0.39, 0.29) is 11.3 Å². The Balaban J connectivity index is 0.000000424. The van der Waals surface area contributed by atoms with Crippen LogP contribution in [0.5, 0.6) is 0 Å². The molecular weight excluding hydrogens is 1160 g/mol. The fourth-order valence-electron chi connectivity index (χ4n) is 7.89. The number of hydrogen-bond acceptors (Lipinski definition) is 3. The maximum atomic E-state index is 14.2. The van der Waals surface area contributed by atoms with Crippen molar-refractivity contribution in [2.24, 2.45) is 0 Å². The normalized spacial score (nSPS) is 13.6. The monoisotopic (exact) mass is 1180 g/mol. The zero-order valence-electron chi connectivity index (χ0n) is 38.8. The Morgan fingerprint density at radius 1 is 0.388 bits per heavy atom. The Bertz CT molecular complexity index is 3020. The molecule has 29 heteroatoms. The summed E-state index contributed by atoms with van der Waals surface area (Å²) in [7, 11) is -2.72. The zero-order valence-corrected chi connectivity index (χ0v) is 39.7. The van der Waals surface area contributed by atoms with Gasteiger partial charge in [-0.2, -0.15) is 138 Å². The lowest BCUT2D eigenvalue weighted by Gasteiger charge is -2.46. The lowest BCUT2D eigenvalue weighted by atomic mass is 9.12. The number of allylic oxidation sites excluding steroid dienone is 1. The SMILES string of the molecule is FC(F)(F)c1cc([B-](c2cc(C(F)(F)F)cc(C(F)(F)F)c2)(c2cc(C(F)(F)F)cc(C(F)(F)F)c2)c2cc(C(F)(F)F)cc(C(F)(F)F)c2)cc(C(F)(F)F)c1.N#CC(C#N)=CC[S+](=O)(C#Cc1ccccc1)c1ccccc1. The maximum absolute atomic E-state index is 14.2. The predicted molar refractivity (Wildman–Crippen MR) is 240 cm³/mol. The summed E-state index contributed by atoms with van der Waals surface area (Å²) in [5.41, 5.74) is -29.5. The molecule has 0 bridgehead atoms. The van der Waals surface area contributed by atoms with Crippen molar-refractivity contribution in [3.05, 3.63) is 195 Å². The van der Waals surface area contributed by atoms with Gasteiger partial charge in [-0.3, -0.25) is 0 Å². The summed E-state index contributed by atoms with van der Waals surface area (Å²) >= 11 is 0. The molecule has 0 aromatic heterocycles. The summed E-state index contributed by atoms with van der Waals surface area (Å²) in [6, 6.07) is 12.9. The lowest BCUT2D eigenvalue weighted by Crippen LogP contribution is -2.75. The van der Waals surface area contributed by atoms with Gasteiger partial charge in [-0.15, -0.1) is 0 Å². The summed E-state index contributed by atoms with van der Waals surface area (Å²) < 4.78 is 354. The second kappa shape index (κ2) is 22.3. The third kappa shape index (κ3) is 14.9. The fraction of sp³-hybridized carbons (Fsp3) is 0.176. The molecule has 6 aromatic rings. The molecule has 0 aliphatic rings. The molecule has 0 aliphatic heterocycles. The van der Waals surface area contributed by atoms with Gasteiger partial charge >= 0.3 is 49.4 Å². The summed E-state index contributed by atoms with van der Waals surface area (Å²) in [5, 5.41) is 20.5. The topological polar surface area (TPSA) is 64.7 Å². The molecule has 0 fully saturated rings. The predicted octanol–water partition coefficient (Wildman–Crippen LogP) is 14.7. The smallest absolute Gasteiger partial charge is 0.194 e. The van der Waals surface area contributed by atoms with Crippen molar-refractivity contribution in [3.8, 4) is 23.3 Å². The minimum Gasteiger partial charge on any atom is -0.194 e. The molecule has 0 N–H and O–H groups in total. The highest BCUT2D eigenvalue weighted by Gasteiger charge is 2.47. The molecule has 0 spiro atoms. The van der Waals surface area contributed by atoms with Crippen molar-refractivity contribution in [1.82, 2.24) is 0 Å². The fourth-order valence-corrected chi connectivity index (χ4v) is 9.56. The van der Waals surface area contributed by atoms with Gasteiger partial charge in [-0.05, 0) is 60.5 Å². The summed E-state index contributed by atoms with van der Waals surface area (Å²) in [6.07, 6.45) is -53.4. The average molecular weight is 1180 g/mol. The van der Waals surface area contributed by atoms with E-state index >= 15 is 0 Å². The van der Waals surface area contributed by atoms with E-state index in [4.69, 9.17) is 10.5 Å². The highest BCUT2D eigenvalue weighted by molar-refractivity contribution is 8.07. The molecule has 6 aromatic carbocycles. The van der Waals surface area contributed by atoms with Crippen LogP contribution in [-0.2, 0) is 63.6 Å². The van der Waals surface area contributed by atoms with E-state index in [0.717, 1.165) is 5.56 Å². The van der Waals surface area contributed by atoms with Crippen molar-refractivity contribution in [1.29, 1.82) is 10.5 Å². The van der Waals surface area contributed by atoms with Gasteiger partial charge in [-0.25, -0.2) is 0 Å². The summed E-state index contributed by atoms with van der Waals surface area (Å²) in [5.74, 6) is 2.96. The van der Waals surface area contributed by atoms with Crippen molar-refractivity contribution in [2.75, 3.05) is 5.75 Å². The van der Waals surface area contributed by atoms with Gasteiger partial charge in [0, 0.05) is 5.56 Å². The number of nitrogens with zero attached hydrogens (tertiary/aromatic N) is 2. The van der Waals surface area contributed by atoms with Gasteiger partial charge in [0.05, 0.1) is 44.5 Å². The second-order valence-corrected chi connectivity index (χ2v) is 19.2. The van der Waals surface area contributed by atoms with Gasteiger partial charge in [0.25, 0.3) is 0 Å². The Labute approximate surface area is 435 Å². The van der Waals surface area contributed by atoms with Crippen molar-refractivity contribution < 1.29 is 110 Å². The van der Waals surface area contributed by atoms with E-state index in [1.54, 1.807) is 36.4 Å². The standard InChI is InChI=1S/C32H12BF24.C19H13N2OS/c34-25(35,36)13-1-14(26(37,38)39)6-21(5-13)33(22-7-15(27(40,41)42)2-16(8-22)28(43,44)45,23-9-17(29(46,47)48)3-18(10-23)30(49,50)51)24-11-19(31(52,53)54)4-20(12-24)32(55,56)57;20-15-18(16-21)12-14-23(22,19-9-5-2-6-10-19)13-11-17-7-3-1-4-8-17/h1-12H;1-10,12H,14H2/q-1;+1. The van der Waals surface area contributed by atoms with Crippen LogP contribution >= 0.6 is 0 Å². The van der Waals surface area contributed by atoms with Crippen LogP contribution in [0.25, 0.3) is 0 Å². The van der Waals surface area contributed by atoms with Crippen molar-refractivity contribution >= 4 is 37.9 Å². The first kappa shape index (κ1) is 63.0. The van der Waals surface area contributed by atoms with E-state index in [1.807, 2.05) is 36.4 Å². The van der Waals surface area contributed by atoms with Crippen LogP contribution < -0.4 is 21.9 Å². The molecule has 0 amide bonds. The van der Waals surface area contributed by atoms with Gasteiger partial charge < -0.3 is 0 Å². The van der Waals surface area contributed by atoms with Crippen LogP contribution in [0, 0.1) is 33.8 Å². The largest absolute Gasteiger partial charge is 0.416 e. The average Bonchev–Trinajstić information content (AvgIpc) is 3.34. The molecule has 6 rings (SSSR count). The third-order valence-electron chi connectivity index (χ3n) is 11.5. The van der Waals surface area contributed by atoms with E-state index < -0.39 is 205 Å². The molecule has 1 atom stereocenters. The van der Waals surface area contributed by atoms with Gasteiger partial charge in [0.1, 0.15) is 23.9 Å². The van der Waals surface area contributed by atoms with Gasteiger partial charge in [0.2, 0.25) is 0 Å². The molecule has 0 radical (unpaired) electrons. The van der Waals surface area contributed by atoms with Crippen molar-refractivity contribution in [3.63, 3.8) is 0 Å². The molecule has 3 nitrogen and oxygen atoms in total. The molecule has 1 unspecified atom stereocenters. The van der Waals surface area contributed by atoms with Crippen LogP contribution in [0.4, 0.5) is 105 Å². The minimum atomic E-state index is -6.13. The number of halogens is 24. The van der Waals surface area contributed by atoms with Crippen LogP contribution in [-0.4, -0.2) is 11.9 Å². The van der Waals surface area contributed by atoms with Gasteiger partial charge in [0.15, 0.2) is 25.8 Å². The highest BCUT2D eigenvalue weighted by Crippen LogP contribution is 2.41. The van der Waals surface area contributed by atoms with Crippen LogP contribution in [0.15, 0.2) is 150 Å². The molecule has 0 aliphatic carbocycles. The molecule has 0 saturated heterocycles. The lowest BCUT2D eigenvalue weighted by molar-refractivity contribution is -0.144. The van der Waals surface area contributed by atoms with E-state index in [2.05, 4.69) is 11.2 Å². The highest BCUT2D eigenvalue weighted by atomic mass is 32.2. The van der Waals surface area contributed by atoms with Crippen LogP contribution in [0.1, 0.15) is 50.1 Å². The van der Waals surface area contributed by atoms with E-state index in [9.17, 15) is 110 Å².